The first-order chi connectivity index (χ1) is 7.30. The highest BCUT2D eigenvalue weighted by Gasteiger charge is 2.37. The van der Waals surface area contributed by atoms with E-state index in [-0.39, 0.29) is 5.54 Å². The van der Waals surface area contributed by atoms with Gasteiger partial charge in [-0.2, -0.15) is 0 Å². The third kappa shape index (κ3) is 2.44. The van der Waals surface area contributed by atoms with Crippen molar-refractivity contribution in [2.24, 2.45) is 5.73 Å². The van der Waals surface area contributed by atoms with Gasteiger partial charge in [0.25, 0.3) is 0 Å². The first-order valence-corrected chi connectivity index (χ1v) is 7.28. The van der Waals surface area contributed by atoms with Crippen LogP contribution < -0.4 is 5.73 Å². The average Bonchev–Trinajstić information content (AvgIpc) is 2.80. The first kappa shape index (κ1) is 11.6. The maximum Gasteiger partial charge on any atom is 0.175 e. The summed E-state index contributed by atoms with van der Waals surface area (Å²) < 4.78 is 22.9. The molecular weight excluding hydrogens is 222 g/mol. The van der Waals surface area contributed by atoms with Gasteiger partial charge in [-0.3, -0.25) is 0 Å². The Bertz CT molecular complexity index is 516. The van der Waals surface area contributed by atoms with Crippen molar-refractivity contribution >= 4 is 9.84 Å². The molecule has 0 saturated heterocycles. The zero-order valence-electron chi connectivity index (χ0n) is 9.66. The van der Waals surface area contributed by atoms with Crippen LogP contribution in [0.3, 0.4) is 0 Å². The van der Waals surface area contributed by atoms with Gasteiger partial charge >= 0.3 is 0 Å². The molecule has 1 aromatic carbocycles. The molecule has 0 heterocycles. The lowest BCUT2D eigenvalue weighted by Crippen LogP contribution is -2.24. The lowest BCUT2D eigenvalue weighted by Gasteiger charge is -2.10. The number of rotatable bonds is 3. The van der Waals surface area contributed by atoms with Crippen molar-refractivity contribution in [3.63, 3.8) is 0 Å². The van der Waals surface area contributed by atoms with Gasteiger partial charge in [0, 0.05) is 11.8 Å². The van der Waals surface area contributed by atoms with E-state index >= 15 is 0 Å². The van der Waals surface area contributed by atoms with Crippen molar-refractivity contribution < 1.29 is 8.42 Å². The SMILES string of the molecule is Cc1cc(CC2(N)CC2)ccc1S(C)(=O)=O. The van der Waals surface area contributed by atoms with E-state index in [0.717, 1.165) is 30.4 Å². The lowest BCUT2D eigenvalue weighted by atomic mass is 10.0. The van der Waals surface area contributed by atoms with Gasteiger partial charge in [0.2, 0.25) is 0 Å². The Kier molecular flexibility index (Phi) is 2.59. The van der Waals surface area contributed by atoms with Gasteiger partial charge in [0.05, 0.1) is 4.90 Å². The second kappa shape index (κ2) is 3.57. The van der Waals surface area contributed by atoms with Crippen molar-refractivity contribution in [3.8, 4) is 0 Å². The number of hydrogen-bond donors (Lipinski definition) is 1. The molecule has 1 aromatic rings. The van der Waals surface area contributed by atoms with E-state index in [1.54, 1.807) is 6.07 Å². The Hall–Kier alpha value is -0.870. The van der Waals surface area contributed by atoms with Crippen LogP contribution in [0.4, 0.5) is 0 Å². The Morgan fingerprint density at radius 3 is 2.44 bits per heavy atom. The highest BCUT2D eigenvalue weighted by Crippen LogP contribution is 2.35. The zero-order valence-corrected chi connectivity index (χ0v) is 10.5. The van der Waals surface area contributed by atoms with E-state index in [9.17, 15) is 8.42 Å². The fourth-order valence-corrected chi connectivity index (χ4v) is 2.94. The molecule has 1 saturated carbocycles. The van der Waals surface area contributed by atoms with Gasteiger partial charge in [0.15, 0.2) is 9.84 Å². The van der Waals surface area contributed by atoms with Crippen molar-refractivity contribution in [1.29, 1.82) is 0 Å². The summed E-state index contributed by atoms with van der Waals surface area (Å²) in [6.45, 7) is 1.83. The molecular formula is C12H17NO2S. The van der Waals surface area contributed by atoms with Crippen molar-refractivity contribution in [2.45, 2.75) is 36.6 Å². The molecule has 0 aliphatic heterocycles. The second-order valence-electron chi connectivity index (χ2n) is 4.91. The normalized spacial score (nSPS) is 18.4. The Labute approximate surface area is 96.6 Å². The van der Waals surface area contributed by atoms with Gasteiger partial charge in [0.1, 0.15) is 0 Å². The maximum absolute atomic E-state index is 11.4. The van der Waals surface area contributed by atoms with E-state index in [4.69, 9.17) is 5.73 Å². The van der Waals surface area contributed by atoms with E-state index in [2.05, 4.69) is 0 Å². The van der Waals surface area contributed by atoms with Gasteiger partial charge in [-0.05, 0) is 43.4 Å². The van der Waals surface area contributed by atoms with E-state index in [1.165, 1.54) is 6.26 Å². The van der Waals surface area contributed by atoms with Crippen LogP contribution in [-0.2, 0) is 16.3 Å². The Balaban J connectivity index is 2.29. The lowest BCUT2D eigenvalue weighted by molar-refractivity contribution is 0.601. The summed E-state index contributed by atoms with van der Waals surface area (Å²) in [4.78, 5) is 0.415. The molecule has 0 unspecified atom stereocenters. The van der Waals surface area contributed by atoms with Crippen molar-refractivity contribution in [2.75, 3.05) is 6.26 Å². The fraction of sp³-hybridized carbons (Fsp3) is 0.500. The molecule has 1 aliphatic rings. The van der Waals surface area contributed by atoms with Crippen LogP contribution in [-0.4, -0.2) is 20.2 Å². The maximum atomic E-state index is 11.4. The van der Waals surface area contributed by atoms with Gasteiger partial charge < -0.3 is 5.73 Å². The molecule has 88 valence electrons. The Morgan fingerprint density at radius 2 is 2.00 bits per heavy atom. The van der Waals surface area contributed by atoms with Crippen LogP contribution in [0.15, 0.2) is 23.1 Å². The summed E-state index contributed by atoms with van der Waals surface area (Å²) in [6.07, 6.45) is 4.22. The van der Waals surface area contributed by atoms with Gasteiger partial charge in [-0.1, -0.05) is 12.1 Å². The molecule has 2 rings (SSSR count). The minimum absolute atomic E-state index is 0.0287. The van der Waals surface area contributed by atoms with Crippen molar-refractivity contribution in [3.05, 3.63) is 29.3 Å². The quantitative estimate of drug-likeness (QED) is 0.868. The predicted molar refractivity (Wildman–Crippen MR) is 64.1 cm³/mol. The van der Waals surface area contributed by atoms with E-state index in [0.29, 0.717) is 4.90 Å². The molecule has 0 amide bonds. The number of nitrogens with two attached hydrogens (primary N) is 1. The summed E-state index contributed by atoms with van der Waals surface area (Å²) >= 11 is 0. The van der Waals surface area contributed by atoms with E-state index in [1.807, 2.05) is 19.1 Å². The Morgan fingerprint density at radius 1 is 1.38 bits per heavy atom. The molecule has 0 aromatic heterocycles. The summed E-state index contributed by atoms with van der Waals surface area (Å²) in [6, 6.07) is 5.49. The molecule has 1 fully saturated rings. The average molecular weight is 239 g/mol. The largest absolute Gasteiger partial charge is 0.325 e. The number of aryl methyl sites for hydroxylation is 1. The molecule has 0 spiro atoms. The number of hydrogen-bond acceptors (Lipinski definition) is 3. The highest BCUT2D eigenvalue weighted by molar-refractivity contribution is 7.90. The fourth-order valence-electron chi connectivity index (χ4n) is 1.98. The summed E-state index contributed by atoms with van der Waals surface area (Å²) in [7, 11) is -3.11. The molecule has 4 heteroatoms. The minimum atomic E-state index is -3.11. The minimum Gasteiger partial charge on any atom is -0.325 e. The molecule has 16 heavy (non-hydrogen) atoms. The van der Waals surface area contributed by atoms with Crippen LogP contribution in [0, 0.1) is 6.92 Å². The standard InChI is InChI=1S/C12H17NO2S/c1-9-7-10(8-12(13)5-6-12)3-4-11(9)16(2,14)15/h3-4,7H,5-6,8,13H2,1-2H3. The molecule has 1 aliphatic carbocycles. The molecule has 0 atom stereocenters. The topological polar surface area (TPSA) is 60.2 Å². The summed E-state index contributed by atoms with van der Waals surface area (Å²) in [5.41, 5.74) is 7.94. The number of sulfone groups is 1. The molecule has 0 radical (unpaired) electrons. The second-order valence-corrected chi connectivity index (χ2v) is 6.90. The third-order valence-corrected chi connectivity index (χ3v) is 4.34. The predicted octanol–water partition coefficient (Wildman–Crippen LogP) is 1.43. The molecule has 2 N–H and O–H groups in total. The zero-order chi connectivity index (χ0) is 12.0. The van der Waals surface area contributed by atoms with Gasteiger partial charge in [-0.25, -0.2) is 8.42 Å². The monoisotopic (exact) mass is 239 g/mol. The third-order valence-electron chi connectivity index (χ3n) is 3.09. The summed E-state index contributed by atoms with van der Waals surface area (Å²) in [5, 5.41) is 0. The van der Waals surface area contributed by atoms with Crippen LogP contribution in [0.5, 0.6) is 0 Å². The van der Waals surface area contributed by atoms with Crippen LogP contribution >= 0.6 is 0 Å². The molecule has 3 nitrogen and oxygen atoms in total. The smallest absolute Gasteiger partial charge is 0.175 e. The highest BCUT2D eigenvalue weighted by atomic mass is 32.2. The molecule has 0 bridgehead atoms. The van der Waals surface area contributed by atoms with Gasteiger partial charge in [-0.15, -0.1) is 0 Å². The van der Waals surface area contributed by atoms with Crippen LogP contribution in [0.1, 0.15) is 24.0 Å². The van der Waals surface area contributed by atoms with Crippen LogP contribution in [0.25, 0.3) is 0 Å². The van der Waals surface area contributed by atoms with Crippen molar-refractivity contribution in [1.82, 2.24) is 0 Å². The van der Waals surface area contributed by atoms with Crippen LogP contribution in [0.2, 0.25) is 0 Å². The number of benzene rings is 1. The first-order valence-electron chi connectivity index (χ1n) is 5.39. The summed E-state index contributed by atoms with van der Waals surface area (Å²) in [5.74, 6) is 0. The van der Waals surface area contributed by atoms with E-state index < -0.39 is 9.84 Å².